The summed E-state index contributed by atoms with van der Waals surface area (Å²) in [4.78, 5) is 12.4. The number of nitrogens with zero attached hydrogens (tertiary/aromatic N) is 2. The molecule has 1 amide bonds. The molecule has 0 aliphatic rings. The molecular weight excluding hydrogens is 305 g/mol. The molecule has 3 aromatic rings. The van der Waals surface area contributed by atoms with Crippen molar-refractivity contribution in [2.75, 3.05) is 5.32 Å². The molecule has 4 nitrogen and oxygen atoms in total. The van der Waals surface area contributed by atoms with Crippen molar-refractivity contribution in [3.05, 3.63) is 77.2 Å². The molecule has 0 atom stereocenters. The largest absolute Gasteiger partial charge is 0.310 e. The monoisotopic (exact) mass is 323 g/mol. The van der Waals surface area contributed by atoms with Crippen LogP contribution in [0.5, 0.6) is 0 Å². The number of carbonyl (C=O) groups is 1. The second-order valence-corrected chi connectivity index (χ2v) is 5.71. The Balaban J connectivity index is 1.81. The minimum Gasteiger partial charge on any atom is -0.310 e. The van der Waals surface area contributed by atoms with E-state index in [1.165, 1.54) is 12.1 Å². The molecule has 1 heterocycles. The van der Waals surface area contributed by atoms with Crippen LogP contribution in [0.15, 0.2) is 54.6 Å². The lowest BCUT2D eigenvalue weighted by Crippen LogP contribution is -2.17. The average molecular weight is 323 g/mol. The summed E-state index contributed by atoms with van der Waals surface area (Å²) in [5.74, 6) is 0.137. The first-order valence-electron chi connectivity index (χ1n) is 7.70. The summed E-state index contributed by atoms with van der Waals surface area (Å²) in [6.45, 7) is 3.83. The zero-order chi connectivity index (χ0) is 17.1. The van der Waals surface area contributed by atoms with Crippen molar-refractivity contribution in [2.24, 2.45) is 0 Å². The maximum Gasteiger partial charge on any atom is 0.229 e. The molecule has 1 aromatic heterocycles. The van der Waals surface area contributed by atoms with E-state index in [0.717, 1.165) is 16.8 Å². The highest BCUT2D eigenvalue weighted by Gasteiger charge is 2.12. The van der Waals surface area contributed by atoms with E-state index in [1.807, 2.05) is 38.1 Å². The summed E-state index contributed by atoms with van der Waals surface area (Å²) in [6, 6.07) is 15.6. The van der Waals surface area contributed by atoms with Crippen LogP contribution >= 0.6 is 0 Å². The normalized spacial score (nSPS) is 10.6. The maximum absolute atomic E-state index is 13.1. The third-order valence-electron chi connectivity index (χ3n) is 3.78. The van der Waals surface area contributed by atoms with E-state index < -0.39 is 0 Å². The zero-order valence-corrected chi connectivity index (χ0v) is 13.6. The van der Waals surface area contributed by atoms with Gasteiger partial charge in [-0.3, -0.25) is 4.79 Å². The van der Waals surface area contributed by atoms with E-state index in [1.54, 1.807) is 22.9 Å². The van der Waals surface area contributed by atoms with Gasteiger partial charge in [-0.2, -0.15) is 5.10 Å². The Morgan fingerprint density at radius 1 is 1.12 bits per heavy atom. The molecule has 0 fully saturated rings. The van der Waals surface area contributed by atoms with Crippen LogP contribution in [0.1, 0.15) is 16.8 Å². The molecule has 2 aromatic carbocycles. The molecule has 122 valence electrons. The number of amides is 1. The SMILES string of the molecule is Cc1cc(NC(=O)Cc2ccccc2C)n(-c2ccc(F)cc2)n1. The van der Waals surface area contributed by atoms with E-state index in [-0.39, 0.29) is 11.7 Å². The lowest BCUT2D eigenvalue weighted by atomic mass is 10.1. The Labute approximate surface area is 139 Å². The van der Waals surface area contributed by atoms with Crippen LogP contribution in [0.2, 0.25) is 0 Å². The fourth-order valence-electron chi connectivity index (χ4n) is 2.54. The summed E-state index contributed by atoms with van der Waals surface area (Å²) in [5, 5.41) is 7.26. The Bertz CT molecular complexity index is 869. The second kappa shape index (κ2) is 6.66. The lowest BCUT2D eigenvalue weighted by Gasteiger charge is -2.10. The summed E-state index contributed by atoms with van der Waals surface area (Å²) in [5.41, 5.74) is 3.52. The molecule has 0 saturated carbocycles. The highest BCUT2D eigenvalue weighted by atomic mass is 19.1. The van der Waals surface area contributed by atoms with Crippen molar-refractivity contribution in [3.8, 4) is 5.69 Å². The summed E-state index contributed by atoms with van der Waals surface area (Å²) in [7, 11) is 0. The molecule has 1 N–H and O–H groups in total. The molecule has 5 heteroatoms. The first-order chi connectivity index (χ1) is 11.5. The minimum atomic E-state index is -0.312. The molecular formula is C19H18FN3O. The van der Waals surface area contributed by atoms with E-state index in [4.69, 9.17) is 0 Å². The fourth-order valence-corrected chi connectivity index (χ4v) is 2.54. The molecule has 0 aliphatic heterocycles. The van der Waals surface area contributed by atoms with Gasteiger partial charge < -0.3 is 5.32 Å². The van der Waals surface area contributed by atoms with E-state index >= 15 is 0 Å². The second-order valence-electron chi connectivity index (χ2n) is 5.71. The van der Waals surface area contributed by atoms with E-state index in [9.17, 15) is 9.18 Å². The first-order valence-corrected chi connectivity index (χ1v) is 7.70. The summed E-state index contributed by atoms with van der Waals surface area (Å²) >= 11 is 0. The van der Waals surface area contributed by atoms with Crippen molar-refractivity contribution in [2.45, 2.75) is 20.3 Å². The topological polar surface area (TPSA) is 46.9 Å². The first kappa shape index (κ1) is 15.9. The van der Waals surface area contributed by atoms with Gasteiger partial charge in [0.1, 0.15) is 11.6 Å². The Hall–Kier alpha value is -2.95. The fraction of sp³-hybridized carbons (Fsp3) is 0.158. The predicted octanol–water partition coefficient (Wildman–Crippen LogP) is 3.81. The number of anilines is 1. The van der Waals surface area contributed by atoms with Gasteiger partial charge in [-0.25, -0.2) is 9.07 Å². The Morgan fingerprint density at radius 3 is 2.54 bits per heavy atom. The molecule has 0 radical (unpaired) electrons. The standard InChI is InChI=1S/C19H18FN3O/c1-13-5-3-4-6-15(13)12-19(24)21-18-11-14(2)22-23(18)17-9-7-16(20)8-10-17/h3-11H,12H2,1-2H3,(H,21,24). The van der Waals surface area contributed by atoms with Gasteiger partial charge in [0.05, 0.1) is 17.8 Å². The Morgan fingerprint density at radius 2 is 1.83 bits per heavy atom. The molecule has 0 spiro atoms. The van der Waals surface area contributed by atoms with Gasteiger partial charge in [-0.15, -0.1) is 0 Å². The van der Waals surface area contributed by atoms with Crippen molar-refractivity contribution in [3.63, 3.8) is 0 Å². The van der Waals surface area contributed by atoms with Crippen LogP contribution in [0.3, 0.4) is 0 Å². The number of hydrogen-bond acceptors (Lipinski definition) is 2. The highest BCUT2D eigenvalue weighted by molar-refractivity contribution is 5.92. The predicted molar refractivity (Wildman–Crippen MR) is 91.8 cm³/mol. The highest BCUT2D eigenvalue weighted by Crippen LogP contribution is 2.18. The quantitative estimate of drug-likeness (QED) is 0.793. The van der Waals surface area contributed by atoms with Crippen molar-refractivity contribution in [1.82, 2.24) is 9.78 Å². The smallest absolute Gasteiger partial charge is 0.229 e. The zero-order valence-electron chi connectivity index (χ0n) is 13.6. The van der Waals surface area contributed by atoms with Crippen LogP contribution in [0, 0.1) is 19.7 Å². The summed E-state index contributed by atoms with van der Waals surface area (Å²) < 4.78 is 14.7. The molecule has 0 unspecified atom stereocenters. The van der Waals surface area contributed by atoms with Crippen LogP contribution in [0.25, 0.3) is 5.69 Å². The molecule has 3 rings (SSSR count). The number of hydrogen-bond donors (Lipinski definition) is 1. The third-order valence-corrected chi connectivity index (χ3v) is 3.78. The van der Waals surface area contributed by atoms with Crippen molar-refractivity contribution < 1.29 is 9.18 Å². The Kier molecular flexibility index (Phi) is 4.42. The van der Waals surface area contributed by atoms with Crippen LogP contribution < -0.4 is 5.32 Å². The van der Waals surface area contributed by atoms with Gasteiger partial charge in [0.2, 0.25) is 5.91 Å². The number of aryl methyl sites for hydroxylation is 2. The van der Waals surface area contributed by atoms with Gasteiger partial charge >= 0.3 is 0 Å². The van der Waals surface area contributed by atoms with Gasteiger partial charge in [0, 0.05) is 6.07 Å². The van der Waals surface area contributed by atoms with Crippen LogP contribution in [-0.4, -0.2) is 15.7 Å². The maximum atomic E-state index is 13.1. The van der Waals surface area contributed by atoms with Crippen molar-refractivity contribution >= 4 is 11.7 Å². The van der Waals surface area contributed by atoms with E-state index in [0.29, 0.717) is 17.9 Å². The van der Waals surface area contributed by atoms with Gasteiger partial charge in [-0.05, 0) is 49.2 Å². The third kappa shape index (κ3) is 3.51. The number of carbonyl (C=O) groups excluding carboxylic acids is 1. The van der Waals surface area contributed by atoms with Crippen molar-refractivity contribution in [1.29, 1.82) is 0 Å². The number of rotatable bonds is 4. The van der Waals surface area contributed by atoms with Crippen LogP contribution in [-0.2, 0) is 11.2 Å². The average Bonchev–Trinajstić information content (AvgIpc) is 2.90. The molecule has 0 saturated heterocycles. The van der Waals surface area contributed by atoms with Gasteiger partial charge in [0.25, 0.3) is 0 Å². The number of aromatic nitrogens is 2. The molecule has 0 aliphatic carbocycles. The molecule has 24 heavy (non-hydrogen) atoms. The van der Waals surface area contributed by atoms with Crippen LogP contribution in [0.4, 0.5) is 10.2 Å². The number of benzene rings is 2. The molecule has 0 bridgehead atoms. The van der Waals surface area contributed by atoms with E-state index in [2.05, 4.69) is 10.4 Å². The summed E-state index contributed by atoms with van der Waals surface area (Å²) in [6.07, 6.45) is 0.292. The number of nitrogens with one attached hydrogen (secondary N) is 1. The minimum absolute atomic E-state index is 0.118. The van der Waals surface area contributed by atoms with Gasteiger partial charge in [0.15, 0.2) is 0 Å². The van der Waals surface area contributed by atoms with Gasteiger partial charge in [-0.1, -0.05) is 24.3 Å². The number of halogens is 1. The lowest BCUT2D eigenvalue weighted by molar-refractivity contribution is -0.115.